The van der Waals surface area contributed by atoms with E-state index < -0.39 is 0 Å². The number of fused-ring (bicyclic) bond motifs is 1. The van der Waals surface area contributed by atoms with E-state index in [1.165, 1.54) is 10.9 Å². The van der Waals surface area contributed by atoms with Crippen molar-refractivity contribution >= 4 is 28.4 Å². The van der Waals surface area contributed by atoms with Gasteiger partial charge in [0.25, 0.3) is 5.91 Å². The molecule has 0 atom stereocenters. The van der Waals surface area contributed by atoms with Crippen molar-refractivity contribution in [3.8, 4) is 0 Å². The van der Waals surface area contributed by atoms with Gasteiger partial charge in [-0.3, -0.25) is 4.79 Å². The van der Waals surface area contributed by atoms with Crippen LogP contribution < -0.4 is 5.32 Å². The number of aromatic amines is 1. The van der Waals surface area contributed by atoms with Gasteiger partial charge < -0.3 is 10.3 Å². The number of hydrogen-bond donors (Lipinski definition) is 2. The Morgan fingerprint density at radius 2 is 1.93 bits per heavy atom. The molecule has 0 spiro atoms. The van der Waals surface area contributed by atoms with Crippen LogP contribution in [-0.2, 0) is 13.0 Å². The van der Waals surface area contributed by atoms with Gasteiger partial charge in [-0.15, -0.1) is 5.10 Å². The number of carbonyl (C=O) groups is 1. The molecule has 2 N–H and O–H groups in total. The lowest BCUT2D eigenvalue weighted by atomic mass is 10.1. The molecule has 27 heavy (non-hydrogen) atoms. The van der Waals surface area contributed by atoms with Crippen molar-refractivity contribution in [2.24, 2.45) is 0 Å². The minimum absolute atomic E-state index is 0.236. The van der Waals surface area contributed by atoms with Gasteiger partial charge in [0.1, 0.15) is 0 Å². The van der Waals surface area contributed by atoms with E-state index in [9.17, 15) is 4.79 Å². The minimum Gasteiger partial charge on any atom is -0.361 e. The highest BCUT2D eigenvalue weighted by Crippen LogP contribution is 2.18. The molecular formula is C20H18ClN5O. The number of nitrogens with zero attached hydrogens (tertiary/aromatic N) is 3. The number of hydrogen-bond acceptors (Lipinski definition) is 3. The van der Waals surface area contributed by atoms with E-state index in [1.807, 2.05) is 48.7 Å². The van der Waals surface area contributed by atoms with Crippen LogP contribution in [0.15, 0.2) is 60.9 Å². The van der Waals surface area contributed by atoms with Gasteiger partial charge in [-0.1, -0.05) is 53.2 Å². The van der Waals surface area contributed by atoms with Crippen LogP contribution in [0.5, 0.6) is 0 Å². The van der Waals surface area contributed by atoms with Gasteiger partial charge in [0.15, 0.2) is 5.69 Å². The summed E-state index contributed by atoms with van der Waals surface area (Å²) in [5.74, 6) is -0.236. The highest BCUT2D eigenvalue weighted by atomic mass is 35.5. The lowest BCUT2D eigenvalue weighted by Crippen LogP contribution is -2.26. The van der Waals surface area contributed by atoms with Crippen LogP contribution in [0.2, 0.25) is 5.02 Å². The topological polar surface area (TPSA) is 75.6 Å². The average Bonchev–Trinajstić information content (AvgIpc) is 3.31. The molecule has 136 valence electrons. The zero-order valence-corrected chi connectivity index (χ0v) is 15.3. The second-order valence-corrected chi connectivity index (χ2v) is 6.67. The molecule has 2 aromatic carbocycles. The maximum absolute atomic E-state index is 12.3. The summed E-state index contributed by atoms with van der Waals surface area (Å²) in [6, 6.07) is 15.7. The second-order valence-electron chi connectivity index (χ2n) is 6.26. The van der Waals surface area contributed by atoms with Crippen LogP contribution in [0.3, 0.4) is 0 Å². The van der Waals surface area contributed by atoms with Gasteiger partial charge in [0.2, 0.25) is 0 Å². The van der Waals surface area contributed by atoms with E-state index in [1.54, 1.807) is 10.9 Å². The van der Waals surface area contributed by atoms with Crippen LogP contribution in [0.4, 0.5) is 0 Å². The highest BCUT2D eigenvalue weighted by Gasteiger charge is 2.12. The third-order valence-corrected chi connectivity index (χ3v) is 4.79. The van der Waals surface area contributed by atoms with Crippen LogP contribution in [0.1, 0.15) is 21.6 Å². The predicted octanol–water partition coefficient (Wildman–Crippen LogP) is 3.43. The lowest BCUT2D eigenvalue weighted by molar-refractivity contribution is 0.0949. The first-order valence-electron chi connectivity index (χ1n) is 8.67. The van der Waals surface area contributed by atoms with E-state index in [4.69, 9.17) is 11.6 Å². The molecule has 4 rings (SSSR count). The molecule has 0 bridgehead atoms. The van der Waals surface area contributed by atoms with Crippen molar-refractivity contribution in [3.05, 3.63) is 82.8 Å². The first-order chi connectivity index (χ1) is 13.2. The highest BCUT2D eigenvalue weighted by molar-refractivity contribution is 6.31. The Kier molecular flexibility index (Phi) is 4.89. The molecule has 0 aliphatic heterocycles. The average molecular weight is 380 g/mol. The number of amides is 1. The number of rotatable bonds is 6. The summed E-state index contributed by atoms with van der Waals surface area (Å²) in [4.78, 5) is 15.5. The Morgan fingerprint density at radius 1 is 1.11 bits per heavy atom. The number of halogens is 1. The molecule has 4 aromatic rings. The number of nitrogens with one attached hydrogen (secondary N) is 2. The minimum atomic E-state index is -0.236. The van der Waals surface area contributed by atoms with E-state index in [2.05, 4.69) is 26.7 Å². The Labute approximate surface area is 161 Å². The molecular weight excluding hydrogens is 362 g/mol. The van der Waals surface area contributed by atoms with Crippen LogP contribution >= 0.6 is 11.6 Å². The molecule has 0 aliphatic carbocycles. The van der Waals surface area contributed by atoms with Crippen molar-refractivity contribution in [3.63, 3.8) is 0 Å². The van der Waals surface area contributed by atoms with E-state index in [0.717, 1.165) is 17.5 Å². The quantitative estimate of drug-likeness (QED) is 0.539. The monoisotopic (exact) mass is 379 g/mol. The molecule has 0 fully saturated rings. The summed E-state index contributed by atoms with van der Waals surface area (Å²) >= 11 is 6.16. The molecule has 0 unspecified atom stereocenters. The molecule has 0 saturated carbocycles. The predicted molar refractivity (Wildman–Crippen MR) is 105 cm³/mol. The first-order valence-corrected chi connectivity index (χ1v) is 9.05. The van der Waals surface area contributed by atoms with Gasteiger partial charge in [0.05, 0.1) is 12.7 Å². The fourth-order valence-corrected chi connectivity index (χ4v) is 3.22. The smallest absolute Gasteiger partial charge is 0.273 e. The standard InChI is InChI=1S/C20H18ClN5O/c21-17-7-3-1-5-15(17)12-26-13-19(24-25-26)20(27)22-10-9-14-11-23-18-8-4-2-6-16(14)18/h1-8,11,13,23H,9-10,12H2,(H,22,27). The molecule has 6 nitrogen and oxygen atoms in total. The third kappa shape index (κ3) is 3.85. The van der Waals surface area contributed by atoms with E-state index >= 15 is 0 Å². The van der Waals surface area contributed by atoms with Gasteiger partial charge in [0, 0.05) is 28.7 Å². The van der Waals surface area contributed by atoms with E-state index in [-0.39, 0.29) is 5.91 Å². The van der Waals surface area contributed by atoms with Crippen molar-refractivity contribution in [1.82, 2.24) is 25.3 Å². The Hall–Kier alpha value is -3.12. The Bertz CT molecular complexity index is 1080. The number of benzene rings is 2. The fraction of sp³-hybridized carbons (Fsp3) is 0.150. The fourth-order valence-electron chi connectivity index (χ4n) is 3.02. The molecule has 2 heterocycles. The number of para-hydroxylation sites is 1. The Morgan fingerprint density at radius 3 is 2.81 bits per heavy atom. The van der Waals surface area contributed by atoms with Crippen molar-refractivity contribution < 1.29 is 4.79 Å². The summed E-state index contributed by atoms with van der Waals surface area (Å²) < 4.78 is 1.61. The maximum Gasteiger partial charge on any atom is 0.273 e. The molecule has 0 aliphatic rings. The number of carbonyl (C=O) groups excluding carboxylic acids is 1. The van der Waals surface area contributed by atoms with Crippen LogP contribution in [0, 0.1) is 0 Å². The summed E-state index contributed by atoms with van der Waals surface area (Å²) in [5, 5.41) is 12.7. The van der Waals surface area contributed by atoms with Crippen molar-refractivity contribution in [1.29, 1.82) is 0 Å². The maximum atomic E-state index is 12.3. The summed E-state index contributed by atoms with van der Waals surface area (Å²) in [6.07, 6.45) is 4.35. The molecule has 2 aromatic heterocycles. The van der Waals surface area contributed by atoms with Crippen LogP contribution in [-0.4, -0.2) is 32.4 Å². The summed E-state index contributed by atoms with van der Waals surface area (Å²) in [6.45, 7) is 0.993. The van der Waals surface area contributed by atoms with Gasteiger partial charge in [-0.25, -0.2) is 4.68 Å². The lowest BCUT2D eigenvalue weighted by Gasteiger charge is -2.03. The first kappa shape index (κ1) is 17.3. The number of H-pyrrole nitrogens is 1. The zero-order chi connectivity index (χ0) is 18.6. The summed E-state index contributed by atoms with van der Waals surface area (Å²) in [7, 11) is 0. The summed E-state index contributed by atoms with van der Waals surface area (Å²) in [5.41, 5.74) is 3.49. The zero-order valence-electron chi connectivity index (χ0n) is 14.5. The normalized spacial score (nSPS) is 11.0. The third-order valence-electron chi connectivity index (χ3n) is 4.42. The largest absolute Gasteiger partial charge is 0.361 e. The number of aromatic nitrogens is 4. The molecule has 1 amide bonds. The SMILES string of the molecule is O=C(NCCc1c[nH]c2ccccc12)c1cn(Cc2ccccc2Cl)nn1. The van der Waals surface area contributed by atoms with Crippen molar-refractivity contribution in [2.75, 3.05) is 6.54 Å². The van der Waals surface area contributed by atoms with Gasteiger partial charge in [-0.2, -0.15) is 0 Å². The molecule has 7 heteroatoms. The molecule has 0 saturated heterocycles. The van der Waals surface area contributed by atoms with E-state index in [0.29, 0.717) is 23.8 Å². The Balaban J connectivity index is 1.35. The molecule has 0 radical (unpaired) electrons. The van der Waals surface area contributed by atoms with Gasteiger partial charge >= 0.3 is 0 Å². The second kappa shape index (κ2) is 7.63. The van der Waals surface area contributed by atoms with Crippen molar-refractivity contribution in [2.45, 2.75) is 13.0 Å². The van der Waals surface area contributed by atoms with Gasteiger partial charge in [-0.05, 0) is 29.7 Å². The van der Waals surface area contributed by atoms with Crippen LogP contribution in [0.25, 0.3) is 10.9 Å².